The highest BCUT2D eigenvalue weighted by Gasteiger charge is 2.17. The highest BCUT2D eigenvalue weighted by atomic mass is 19.1. The molecule has 0 aliphatic heterocycles. The number of rotatable bonds is 4. The van der Waals surface area contributed by atoms with Crippen LogP contribution in [-0.4, -0.2) is 23.8 Å². The average Bonchev–Trinajstić information content (AvgIpc) is 2.69. The summed E-state index contributed by atoms with van der Waals surface area (Å²) in [6, 6.07) is 14.5. The van der Waals surface area contributed by atoms with Gasteiger partial charge in [0.05, 0.1) is 5.69 Å². The summed E-state index contributed by atoms with van der Waals surface area (Å²) >= 11 is 0. The van der Waals surface area contributed by atoms with E-state index in [-0.39, 0.29) is 16.9 Å². The van der Waals surface area contributed by atoms with E-state index in [1.807, 2.05) is 6.07 Å². The highest BCUT2D eigenvalue weighted by Crippen LogP contribution is 2.17. The SMILES string of the molecule is CN(C(=O)c1cc(C(=O)Nc2ccc(F)cc2F)ccn1)c1ccccc1. The second-order valence-electron chi connectivity index (χ2n) is 5.71. The van der Waals surface area contributed by atoms with Crippen molar-refractivity contribution in [1.29, 1.82) is 0 Å². The van der Waals surface area contributed by atoms with Gasteiger partial charge in [-0.2, -0.15) is 0 Å². The number of carbonyl (C=O) groups is 2. The van der Waals surface area contributed by atoms with Crippen molar-refractivity contribution in [3.63, 3.8) is 0 Å². The van der Waals surface area contributed by atoms with Crippen molar-refractivity contribution in [2.75, 3.05) is 17.3 Å². The molecule has 0 unspecified atom stereocenters. The Kier molecular flexibility index (Phi) is 5.21. The van der Waals surface area contributed by atoms with Crippen molar-refractivity contribution >= 4 is 23.2 Å². The first-order valence-electron chi connectivity index (χ1n) is 8.01. The Morgan fingerprint density at radius 1 is 1.00 bits per heavy atom. The van der Waals surface area contributed by atoms with E-state index in [1.165, 1.54) is 23.2 Å². The van der Waals surface area contributed by atoms with Gasteiger partial charge in [-0.05, 0) is 36.4 Å². The van der Waals surface area contributed by atoms with Crippen LogP contribution >= 0.6 is 0 Å². The van der Waals surface area contributed by atoms with Crippen molar-refractivity contribution in [2.24, 2.45) is 0 Å². The molecule has 5 nitrogen and oxygen atoms in total. The van der Waals surface area contributed by atoms with Gasteiger partial charge in [-0.25, -0.2) is 8.78 Å². The topological polar surface area (TPSA) is 62.3 Å². The quantitative estimate of drug-likeness (QED) is 0.761. The zero-order valence-electron chi connectivity index (χ0n) is 14.3. The summed E-state index contributed by atoms with van der Waals surface area (Å²) in [7, 11) is 1.60. The normalized spacial score (nSPS) is 10.3. The summed E-state index contributed by atoms with van der Waals surface area (Å²) in [5, 5.41) is 2.35. The molecule has 136 valence electrons. The third-order valence-electron chi connectivity index (χ3n) is 3.87. The molecule has 1 N–H and O–H groups in total. The number of nitrogens with zero attached hydrogens (tertiary/aromatic N) is 2. The van der Waals surface area contributed by atoms with Gasteiger partial charge in [0.15, 0.2) is 0 Å². The molecule has 7 heteroatoms. The third-order valence-corrected chi connectivity index (χ3v) is 3.87. The van der Waals surface area contributed by atoms with E-state index in [1.54, 1.807) is 31.3 Å². The molecule has 0 radical (unpaired) electrons. The molecule has 0 saturated carbocycles. The minimum Gasteiger partial charge on any atom is -0.319 e. The second-order valence-corrected chi connectivity index (χ2v) is 5.71. The number of anilines is 2. The Morgan fingerprint density at radius 2 is 1.74 bits per heavy atom. The average molecular weight is 367 g/mol. The summed E-state index contributed by atoms with van der Waals surface area (Å²) < 4.78 is 26.7. The Bertz CT molecular complexity index is 994. The molecule has 2 aromatic carbocycles. The molecule has 2 amide bonds. The van der Waals surface area contributed by atoms with Crippen LogP contribution < -0.4 is 10.2 Å². The lowest BCUT2D eigenvalue weighted by Gasteiger charge is -2.17. The van der Waals surface area contributed by atoms with Crippen molar-refractivity contribution in [3.8, 4) is 0 Å². The van der Waals surface area contributed by atoms with Crippen molar-refractivity contribution in [3.05, 3.63) is 89.8 Å². The lowest BCUT2D eigenvalue weighted by Crippen LogP contribution is -2.27. The number of amides is 2. The number of hydrogen-bond acceptors (Lipinski definition) is 3. The molecular formula is C20H15F2N3O2. The Hall–Kier alpha value is -3.61. The molecule has 0 spiro atoms. The van der Waals surface area contributed by atoms with Gasteiger partial charge >= 0.3 is 0 Å². The third kappa shape index (κ3) is 4.14. The number of hydrogen-bond donors (Lipinski definition) is 1. The van der Waals surface area contributed by atoms with E-state index >= 15 is 0 Å². The molecule has 27 heavy (non-hydrogen) atoms. The van der Waals surface area contributed by atoms with Crippen LogP contribution in [0.3, 0.4) is 0 Å². The van der Waals surface area contributed by atoms with E-state index < -0.39 is 23.4 Å². The van der Waals surface area contributed by atoms with Crippen molar-refractivity contribution < 1.29 is 18.4 Å². The number of pyridine rings is 1. The summed E-state index contributed by atoms with van der Waals surface area (Å²) in [5.41, 5.74) is 0.701. The number of para-hydroxylation sites is 1. The number of halogens is 2. The molecule has 0 saturated heterocycles. The van der Waals surface area contributed by atoms with Crippen LogP contribution in [0.25, 0.3) is 0 Å². The van der Waals surface area contributed by atoms with Gasteiger partial charge in [-0.15, -0.1) is 0 Å². The van der Waals surface area contributed by atoms with E-state index in [9.17, 15) is 18.4 Å². The highest BCUT2D eigenvalue weighted by molar-refractivity contribution is 6.08. The number of benzene rings is 2. The Labute approximate surface area is 154 Å². The number of aromatic nitrogens is 1. The second kappa shape index (κ2) is 7.74. The van der Waals surface area contributed by atoms with Gasteiger partial charge in [0, 0.05) is 30.6 Å². The largest absolute Gasteiger partial charge is 0.319 e. The van der Waals surface area contributed by atoms with Crippen LogP contribution in [0.5, 0.6) is 0 Å². The van der Waals surface area contributed by atoms with Gasteiger partial charge in [-0.1, -0.05) is 18.2 Å². The maximum atomic E-state index is 13.7. The predicted octanol–water partition coefficient (Wildman–Crippen LogP) is 3.89. The number of carbonyl (C=O) groups excluding carboxylic acids is 2. The molecule has 3 aromatic rings. The molecule has 0 aliphatic rings. The summed E-state index contributed by atoms with van der Waals surface area (Å²) in [4.78, 5) is 30.4. The van der Waals surface area contributed by atoms with Gasteiger partial charge in [0.25, 0.3) is 11.8 Å². The zero-order valence-corrected chi connectivity index (χ0v) is 14.3. The fourth-order valence-electron chi connectivity index (χ4n) is 2.41. The summed E-state index contributed by atoms with van der Waals surface area (Å²) in [6.45, 7) is 0. The summed E-state index contributed by atoms with van der Waals surface area (Å²) in [5.74, 6) is -2.67. The molecular weight excluding hydrogens is 352 g/mol. The zero-order chi connectivity index (χ0) is 19.4. The molecule has 1 heterocycles. The van der Waals surface area contributed by atoms with E-state index in [0.717, 1.165) is 12.1 Å². The Morgan fingerprint density at radius 3 is 2.44 bits per heavy atom. The fourth-order valence-corrected chi connectivity index (χ4v) is 2.41. The molecule has 1 aromatic heterocycles. The minimum absolute atomic E-state index is 0.0635. The predicted molar refractivity (Wildman–Crippen MR) is 97.7 cm³/mol. The lowest BCUT2D eigenvalue weighted by atomic mass is 10.2. The standard InChI is InChI=1S/C20H15F2N3O2/c1-25(15-5-3-2-4-6-15)20(27)18-11-13(9-10-23-18)19(26)24-17-8-7-14(21)12-16(17)22/h2-12H,1H3,(H,24,26). The van der Waals surface area contributed by atoms with Crippen molar-refractivity contribution in [1.82, 2.24) is 4.98 Å². The summed E-state index contributed by atoms with van der Waals surface area (Å²) in [6.07, 6.45) is 1.32. The first-order valence-corrected chi connectivity index (χ1v) is 8.01. The maximum Gasteiger partial charge on any atom is 0.276 e. The Balaban J connectivity index is 1.80. The van der Waals surface area contributed by atoms with Gasteiger partial charge in [0.1, 0.15) is 17.3 Å². The van der Waals surface area contributed by atoms with Crippen LogP contribution in [0.2, 0.25) is 0 Å². The van der Waals surface area contributed by atoms with Gasteiger partial charge < -0.3 is 10.2 Å². The first-order chi connectivity index (χ1) is 13.0. The van der Waals surface area contributed by atoms with Gasteiger partial charge in [-0.3, -0.25) is 14.6 Å². The van der Waals surface area contributed by atoms with Crippen LogP contribution in [0.4, 0.5) is 20.2 Å². The minimum atomic E-state index is -0.891. The van der Waals surface area contributed by atoms with Crippen LogP contribution in [-0.2, 0) is 0 Å². The van der Waals surface area contributed by atoms with Crippen LogP contribution in [0.1, 0.15) is 20.8 Å². The van der Waals surface area contributed by atoms with Gasteiger partial charge in [0.2, 0.25) is 0 Å². The monoisotopic (exact) mass is 367 g/mol. The van der Waals surface area contributed by atoms with E-state index in [2.05, 4.69) is 10.3 Å². The maximum absolute atomic E-state index is 13.7. The molecule has 0 bridgehead atoms. The molecule has 0 fully saturated rings. The van der Waals surface area contributed by atoms with Crippen LogP contribution in [0.15, 0.2) is 66.9 Å². The van der Waals surface area contributed by atoms with Crippen molar-refractivity contribution in [2.45, 2.75) is 0 Å². The first kappa shape index (κ1) is 18.2. The fraction of sp³-hybridized carbons (Fsp3) is 0.0500. The molecule has 0 aliphatic carbocycles. The van der Waals surface area contributed by atoms with E-state index in [4.69, 9.17) is 0 Å². The lowest BCUT2D eigenvalue weighted by molar-refractivity contribution is 0.0988. The van der Waals surface area contributed by atoms with Crippen LogP contribution in [0, 0.1) is 11.6 Å². The van der Waals surface area contributed by atoms with E-state index in [0.29, 0.717) is 11.8 Å². The molecule has 3 rings (SSSR count). The smallest absolute Gasteiger partial charge is 0.276 e. The molecule has 0 atom stereocenters. The number of nitrogens with one attached hydrogen (secondary N) is 1.